The molecule has 2 aromatic rings. The number of ether oxygens (including phenoxy) is 5. The highest BCUT2D eigenvalue weighted by atomic mass is 16.5. The van der Waals surface area contributed by atoms with E-state index in [1.807, 2.05) is 32.0 Å². The predicted octanol–water partition coefficient (Wildman–Crippen LogP) is 4.69. The molecule has 2 aliphatic rings. The lowest BCUT2D eigenvalue weighted by molar-refractivity contribution is -0.153. The molecule has 2 unspecified atom stereocenters. The number of nitrogens with zero attached hydrogens (tertiary/aromatic N) is 1. The quantitative estimate of drug-likeness (QED) is 0.453. The van der Waals surface area contributed by atoms with Crippen molar-refractivity contribution in [2.75, 3.05) is 35.0 Å². The van der Waals surface area contributed by atoms with Crippen molar-refractivity contribution >= 4 is 12.0 Å². The van der Waals surface area contributed by atoms with Crippen LogP contribution in [0.15, 0.2) is 47.7 Å². The summed E-state index contributed by atoms with van der Waals surface area (Å²) >= 11 is 0. The number of amides is 1. The Hall–Kier alpha value is -3.81. The van der Waals surface area contributed by atoms with Crippen LogP contribution in [0.4, 0.5) is 0 Å². The highest BCUT2D eigenvalue weighted by Gasteiger charge is 2.51. The van der Waals surface area contributed by atoms with Crippen molar-refractivity contribution in [3.8, 4) is 28.7 Å². The maximum atomic E-state index is 13.4. The number of carbonyl (C=O) groups is 1. The Labute approximate surface area is 205 Å². The topological polar surface area (TPSA) is 86.7 Å². The summed E-state index contributed by atoms with van der Waals surface area (Å²) in [4.78, 5) is 15.0. The molecule has 8 nitrogen and oxygen atoms in total. The van der Waals surface area contributed by atoms with E-state index in [1.54, 1.807) is 32.4 Å². The number of fused-ring (bicyclic) bond motifs is 4. The molecule has 35 heavy (non-hydrogen) atoms. The van der Waals surface area contributed by atoms with E-state index in [0.717, 1.165) is 5.56 Å². The Morgan fingerprint density at radius 2 is 1.89 bits per heavy atom. The number of piperidine rings is 1. The van der Waals surface area contributed by atoms with Crippen LogP contribution in [-0.4, -0.2) is 56.6 Å². The normalized spacial score (nSPS) is 22.4. The zero-order valence-electron chi connectivity index (χ0n) is 20.9. The second-order valence-corrected chi connectivity index (χ2v) is 8.56. The van der Waals surface area contributed by atoms with Gasteiger partial charge in [0.15, 0.2) is 28.7 Å². The van der Waals surface area contributed by atoms with Crippen molar-refractivity contribution in [1.29, 1.82) is 0 Å². The molecule has 1 N–H and O–H groups in total. The van der Waals surface area contributed by atoms with E-state index in [2.05, 4.69) is 0 Å². The zero-order chi connectivity index (χ0) is 25.3. The highest BCUT2D eigenvalue weighted by molar-refractivity contribution is 5.98. The Morgan fingerprint density at radius 3 is 2.54 bits per heavy atom. The van der Waals surface area contributed by atoms with Crippen LogP contribution in [0.5, 0.6) is 28.7 Å². The SMILES string of the molecule is CCOc1cccc2c1OC1(C)CC2/C(=C(O)\C=C\c2ccc(OC)c(OC)c2OC)C(=O)N1C. The first-order chi connectivity index (χ1) is 16.8. The Bertz CT molecular complexity index is 1200. The number of aliphatic hydroxyl groups is 1. The molecule has 2 aliphatic heterocycles. The van der Waals surface area contributed by atoms with E-state index in [-0.39, 0.29) is 17.6 Å². The summed E-state index contributed by atoms with van der Waals surface area (Å²) in [5, 5.41) is 11.2. The van der Waals surface area contributed by atoms with Gasteiger partial charge in [-0.05, 0) is 44.2 Å². The molecular formula is C27H31NO7. The number of aliphatic hydroxyl groups excluding tert-OH is 1. The number of allylic oxidation sites excluding steroid dienone is 1. The van der Waals surface area contributed by atoms with Crippen LogP contribution in [0, 0.1) is 0 Å². The summed E-state index contributed by atoms with van der Waals surface area (Å²) in [6, 6.07) is 9.17. The Morgan fingerprint density at radius 1 is 1.14 bits per heavy atom. The van der Waals surface area contributed by atoms with Gasteiger partial charge in [0, 0.05) is 30.5 Å². The van der Waals surface area contributed by atoms with Gasteiger partial charge in [-0.3, -0.25) is 4.79 Å². The number of likely N-dealkylation sites (N-methyl/N-ethyl adjacent to an activating group) is 1. The monoisotopic (exact) mass is 481 g/mol. The molecule has 1 saturated heterocycles. The molecule has 0 saturated carbocycles. The number of carbonyl (C=O) groups excluding carboxylic acids is 1. The molecule has 0 radical (unpaired) electrons. The standard InChI is InChI=1S/C27H31NO7/c1-7-34-21-10-8-9-17-18-15-27(2,35-24(17)21)28(3)26(30)22(18)19(29)13-11-16-12-14-20(31-4)25(33-6)23(16)32-5/h8-14,18,29H,7,15H2,1-6H3/b13-11+,22-19-. The number of para-hydroxylation sites is 1. The average molecular weight is 482 g/mol. The van der Waals surface area contributed by atoms with E-state index in [4.69, 9.17) is 23.7 Å². The minimum Gasteiger partial charge on any atom is -0.507 e. The van der Waals surface area contributed by atoms with Crippen LogP contribution < -0.4 is 23.7 Å². The van der Waals surface area contributed by atoms with Gasteiger partial charge >= 0.3 is 0 Å². The molecule has 2 aromatic carbocycles. The maximum Gasteiger partial charge on any atom is 0.256 e. The predicted molar refractivity (Wildman–Crippen MR) is 132 cm³/mol. The Kier molecular flexibility index (Phi) is 6.56. The largest absolute Gasteiger partial charge is 0.507 e. The molecule has 1 fully saturated rings. The first-order valence-corrected chi connectivity index (χ1v) is 11.4. The van der Waals surface area contributed by atoms with E-state index < -0.39 is 5.72 Å². The van der Waals surface area contributed by atoms with Gasteiger partial charge in [0.05, 0.1) is 33.5 Å². The molecule has 2 atom stereocenters. The fourth-order valence-electron chi connectivity index (χ4n) is 4.75. The first-order valence-electron chi connectivity index (χ1n) is 11.4. The van der Waals surface area contributed by atoms with E-state index in [1.165, 1.54) is 25.2 Å². The molecule has 0 aromatic heterocycles. The number of rotatable bonds is 7. The van der Waals surface area contributed by atoms with Crippen molar-refractivity contribution in [2.24, 2.45) is 0 Å². The van der Waals surface area contributed by atoms with Crippen LogP contribution >= 0.6 is 0 Å². The van der Waals surface area contributed by atoms with Crippen LogP contribution in [0.1, 0.15) is 37.3 Å². The summed E-state index contributed by atoms with van der Waals surface area (Å²) in [7, 11) is 6.29. The van der Waals surface area contributed by atoms with Crippen molar-refractivity contribution in [3.63, 3.8) is 0 Å². The number of hydrogen-bond acceptors (Lipinski definition) is 7. The molecule has 0 aliphatic carbocycles. The van der Waals surface area contributed by atoms with Crippen LogP contribution in [0.3, 0.4) is 0 Å². The van der Waals surface area contributed by atoms with Gasteiger partial charge in [0.2, 0.25) is 5.75 Å². The van der Waals surface area contributed by atoms with Crippen LogP contribution in [-0.2, 0) is 4.79 Å². The second kappa shape index (κ2) is 9.44. The lowest BCUT2D eigenvalue weighted by atomic mass is 9.77. The fraction of sp³-hybridized carbons (Fsp3) is 0.370. The summed E-state index contributed by atoms with van der Waals surface area (Å²) < 4.78 is 28.4. The number of hydrogen-bond donors (Lipinski definition) is 1. The molecule has 2 bridgehead atoms. The minimum absolute atomic E-state index is 0.125. The maximum absolute atomic E-state index is 13.4. The molecule has 2 heterocycles. The smallest absolute Gasteiger partial charge is 0.256 e. The highest BCUT2D eigenvalue weighted by Crippen LogP contribution is 2.53. The van der Waals surface area contributed by atoms with E-state index in [0.29, 0.717) is 52.9 Å². The number of methoxy groups -OCH3 is 3. The summed E-state index contributed by atoms with van der Waals surface area (Å²) in [5.74, 6) is 1.87. The molecule has 8 heteroatoms. The van der Waals surface area contributed by atoms with Gasteiger partial charge in [-0.15, -0.1) is 0 Å². The van der Waals surface area contributed by atoms with Crippen molar-refractivity contribution < 1.29 is 33.6 Å². The third kappa shape index (κ3) is 4.03. The summed E-state index contributed by atoms with van der Waals surface area (Å²) in [5.41, 5.74) is 0.916. The number of likely N-dealkylation sites (tertiary alicyclic amines) is 1. The average Bonchev–Trinajstić information content (AvgIpc) is 2.86. The van der Waals surface area contributed by atoms with Gasteiger partial charge in [-0.2, -0.15) is 0 Å². The molecule has 0 spiro atoms. The first kappa shape index (κ1) is 24.3. The summed E-state index contributed by atoms with van der Waals surface area (Å²) in [6.45, 7) is 4.27. The molecule has 4 rings (SSSR count). The van der Waals surface area contributed by atoms with Gasteiger partial charge in [0.25, 0.3) is 5.91 Å². The Balaban J connectivity index is 1.81. The van der Waals surface area contributed by atoms with Crippen molar-refractivity contribution in [2.45, 2.75) is 31.9 Å². The minimum atomic E-state index is -0.859. The van der Waals surface area contributed by atoms with Gasteiger partial charge in [0.1, 0.15) is 5.76 Å². The zero-order valence-corrected chi connectivity index (χ0v) is 20.9. The third-order valence-corrected chi connectivity index (χ3v) is 6.61. The third-order valence-electron chi connectivity index (χ3n) is 6.61. The van der Waals surface area contributed by atoms with Gasteiger partial charge < -0.3 is 33.7 Å². The molecule has 1 amide bonds. The van der Waals surface area contributed by atoms with Gasteiger partial charge in [-0.1, -0.05) is 12.1 Å². The van der Waals surface area contributed by atoms with Crippen LogP contribution in [0.25, 0.3) is 6.08 Å². The van der Waals surface area contributed by atoms with Crippen molar-refractivity contribution in [1.82, 2.24) is 4.90 Å². The van der Waals surface area contributed by atoms with E-state index >= 15 is 0 Å². The van der Waals surface area contributed by atoms with Crippen molar-refractivity contribution in [3.05, 3.63) is 58.9 Å². The van der Waals surface area contributed by atoms with Crippen LogP contribution in [0.2, 0.25) is 0 Å². The summed E-state index contributed by atoms with van der Waals surface area (Å²) in [6.07, 6.45) is 3.70. The molecular weight excluding hydrogens is 450 g/mol. The lowest BCUT2D eigenvalue weighted by Gasteiger charge is -2.50. The lowest BCUT2D eigenvalue weighted by Crippen LogP contribution is -2.59. The number of benzene rings is 2. The fourth-order valence-corrected chi connectivity index (χ4v) is 4.75. The van der Waals surface area contributed by atoms with E-state index in [9.17, 15) is 9.90 Å². The molecule has 186 valence electrons. The van der Waals surface area contributed by atoms with Gasteiger partial charge in [-0.25, -0.2) is 0 Å². The second-order valence-electron chi connectivity index (χ2n) is 8.56.